The summed E-state index contributed by atoms with van der Waals surface area (Å²) in [5, 5.41) is 8.17. The summed E-state index contributed by atoms with van der Waals surface area (Å²) in [5.74, 6) is -2.12. The Morgan fingerprint density at radius 2 is 1.81 bits per heavy atom. The number of carboxylic acid groups (broad SMARTS) is 1. The van der Waals surface area contributed by atoms with Gasteiger partial charge >= 0.3 is 5.97 Å². The van der Waals surface area contributed by atoms with Crippen molar-refractivity contribution in [3.63, 3.8) is 0 Å². The molecule has 1 saturated heterocycles. The maximum atomic E-state index is 13.9. The SMILES string of the molecule is NCCCCC1(C(=O)O)CN(Cc2ccc(F)cc2-c2ccc(F)cc2)CCP1(=O)O. The van der Waals surface area contributed by atoms with E-state index < -0.39 is 30.1 Å². The van der Waals surface area contributed by atoms with E-state index in [1.54, 1.807) is 18.2 Å². The molecule has 0 aliphatic carbocycles. The van der Waals surface area contributed by atoms with Gasteiger partial charge in [0.25, 0.3) is 0 Å². The molecular formula is C22H27F2N2O4P. The zero-order valence-corrected chi connectivity index (χ0v) is 18.0. The Balaban J connectivity index is 1.90. The molecule has 0 aromatic heterocycles. The lowest BCUT2D eigenvalue weighted by atomic mass is 9.97. The van der Waals surface area contributed by atoms with Gasteiger partial charge < -0.3 is 15.7 Å². The predicted octanol–water partition coefficient (Wildman–Crippen LogP) is 3.67. The molecule has 1 fully saturated rings. The molecule has 0 radical (unpaired) electrons. The molecule has 31 heavy (non-hydrogen) atoms. The lowest BCUT2D eigenvalue weighted by molar-refractivity contribution is -0.141. The summed E-state index contributed by atoms with van der Waals surface area (Å²) in [7, 11) is -3.93. The van der Waals surface area contributed by atoms with Crippen LogP contribution >= 0.6 is 7.37 Å². The lowest BCUT2D eigenvalue weighted by Crippen LogP contribution is -2.53. The van der Waals surface area contributed by atoms with Crippen LogP contribution in [0.1, 0.15) is 24.8 Å². The van der Waals surface area contributed by atoms with Crippen LogP contribution in [0.5, 0.6) is 0 Å². The van der Waals surface area contributed by atoms with Crippen molar-refractivity contribution in [1.82, 2.24) is 4.90 Å². The quantitative estimate of drug-likeness (QED) is 0.417. The number of halogens is 2. The molecule has 0 amide bonds. The summed E-state index contributed by atoms with van der Waals surface area (Å²) in [6.07, 6.45) is 0.952. The number of hydrogen-bond donors (Lipinski definition) is 3. The molecule has 6 nitrogen and oxygen atoms in total. The van der Waals surface area contributed by atoms with E-state index in [-0.39, 0.29) is 32.2 Å². The molecule has 0 spiro atoms. The van der Waals surface area contributed by atoms with Crippen LogP contribution in [-0.4, -0.2) is 51.8 Å². The number of carbonyl (C=O) groups is 1. The van der Waals surface area contributed by atoms with Crippen molar-refractivity contribution in [2.45, 2.75) is 31.0 Å². The van der Waals surface area contributed by atoms with Crippen LogP contribution < -0.4 is 5.73 Å². The van der Waals surface area contributed by atoms with Crippen LogP contribution in [0, 0.1) is 11.6 Å². The summed E-state index contributed by atoms with van der Waals surface area (Å²) in [6.45, 7) is 0.825. The van der Waals surface area contributed by atoms with Crippen LogP contribution in [0.2, 0.25) is 0 Å². The number of benzene rings is 2. The molecule has 2 aromatic carbocycles. The molecule has 1 heterocycles. The van der Waals surface area contributed by atoms with Crippen LogP contribution in [0.25, 0.3) is 11.1 Å². The first-order valence-corrected chi connectivity index (χ1v) is 12.0. The molecule has 0 bridgehead atoms. The average molecular weight is 452 g/mol. The normalized spacial score (nSPS) is 24.3. The van der Waals surface area contributed by atoms with E-state index in [4.69, 9.17) is 5.73 Å². The second-order valence-corrected chi connectivity index (χ2v) is 10.7. The van der Waals surface area contributed by atoms with Gasteiger partial charge in [-0.05, 0) is 60.3 Å². The zero-order chi connectivity index (χ0) is 22.6. The van der Waals surface area contributed by atoms with Gasteiger partial charge in [0.05, 0.1) is 0 Å². The molecule has 0 saturated carbocycles. The summed E-state index contributed by atoms with van der Waals surface area (Å²) in [5.41, 5.74) is 7.44. The maximum absolute atomic E-state index is 13.9. The van der Waals surface area contributed by atoms with Gasteiger partial charge in [0, 0.05) is 25.8 Å². The molecule has 3 rings (SSSR count). The number of rotatable bonds is 8. The van der Waals surface area contributed by atoms with Crippen molar-refractivity contribution in [2.24, 2.45) is 5.73 Å². The predicted molar refractivity (Wildman–Crippen MR) is 115 cm³/mol. The van der Waals surface area contributed by atoms with Gasteiger partial charge in [-0.3, -0.25) is 14.3 Å². The fourth-order valence-electron chi connectivity index (χ4n) is 4.15. The van der Waals surface area contributed by atoms with Crippen LogP contribution in [0.3, 0.4) is 0 Å². The molecule has 1 aliphatic rings. The number of hydrogen-bond acceptors (Lipinski definition) is 4. The van der Waals surface area contributed by atoms with Crippen molar-refractivity contribution in [3.05, 3.63) is 59.7 Å². The smallest absolute Gasteiger partial charge is 0.320 e. The molecule has 4 N–H and O–H groups in total. The molecule has 2 unspecified atom stereocenters. The third-order valence-electron chi connectivity index (χ3n) is 5.94. The second kappa shape index (κ2) is 9.57. The zero-order valence-electron chi connectivity index (χ0n) is 17.1. The highest BCUT2D eigenvalue weighted by Gasteiger charge is 2.56. The van der Waals surface area contributed by atoms with Crippen LogP contribution in [0.15, 0.2) is 42.5 Å². The molecule has 2 aromatic rings. The van der Waals surface area contributed by atoms with Gasteiger partial charge in [-0.1, -0.05) is 24.6 Å². The van der Waals surface area contributed by atoms with E-state index in [0.717, 1.165) is 5.56 Å². The van der Waals surface area contributed by atoms with Crippen LogP contribution in [-0.2, 0) is 15.9 Å². The average Bonchev–Trinajstić information content (AvgIpc) is 2.72. The van der Waals surface area contributed by atoms with Crippen molar-refractivity contribution < 1.29 is 28.1 Å². The van der Waals surface area contributed by atoms with E-state index in [2.05, 4.69) is 0 Å². The fourth-order valence-corrected chi connectivity index (χ4v) is 6.36. The van der Waals surface area contributed by atoms with E-state index in [1.165, 1.54) is 24.3 Å². The third kappa shape index (κ3) is 5.04. The topological polar surface area (TPSA) is 104 Å². The Morgan fingerprint density at radius 1 is 1.13 bits per heavy atom. The van der Waals surface area contributed by atoms with Gasteiger partial charge in [-0.15, -0.1) is 0 Å². The number of aliphatic carboxylic acids is 1. The largest absolute Gasteiger partial charge is 0.480 e. The Kier molecular flexibility index (Phi) is 7.27. The second-order valence-electron chi connectivity index (χ2n) is 8.03. The van der Waals surface area contributed by atoms with Crippen molar-refractivity contribution in [1.29, 1.82) is 0 Å². The van der Waals surface area contributed by atoms with Crippen molar-refractivity contribution in [2.75, 3.05) is 25.8 Å². The van der Waals surface area contributed by atoms with E-state index in [0.29, 0.717) is 30.5 Å². The Morgan fingerprint density at radius 3 is 2.45 bits per heavy atom. The van der Waals surface area contributed by atoms with E-state index in [9.17, 15) is 28.1 Å². The number of unbranched alkanes of at least 4 members (excludes halogenated alkanes) is 1. The van der Waals surface area contributed by atoms with Crippen LogP contribution in [0.4, 0.5) is 8.78 Å². The third-order valence-corrected chi connectivity index (χ3v) is 8.64. The van der Waals surface area contributed by atoms with Gasteiger partial charge in [-0.2, -0.15) is 0 Å². The van der Waals surface area contributed by atoms with Crippen molar-refractivity contribution in [3.8, 4) is 11.1 Å². The van der Waals surface area contributed by atoms with Gasteiger partial charge in [-0.25, -0.2) is 8.78 Å². The number of nitrogens with two attached hydrogens (primary N) is 1. The minimum absolute atomic E-state index is 0.0675. The molecule has 2 atom stereocenters. The van der Waals surface area contributed by atoms with Gasteiger partial charge in [0.2, 0.25) is 7.37 Å². The minimum Gasteiger partial charge on any atom is -0.480 e. The minimum atomic E-state index is -3.93. The van der Waals surface area contributed by atoms with E-state index >= 15 is 0 Å². The Hall–Kier alpha value is -2.12. The summed E-state index contributed by atoms with van der Waals surface area (Å²) < 4.78 is 40.2. The van der Waals surface area contributed by atoms with Crippen molar-refractivity contribution >= 4 is 13.3 Å². The molecule has 168 valence electrons. The number of nitrogens with zero attached hydrogens (tertiary/aromatic N) is 1. The highest BCUT2D eigenvalue weighted by atomic mass is 31.2. The van der Waals surface area contributed by atoms with Gasteiger partial charge in [0.15, 0.2) is 5.16 Å². The summed E-state index contributed by atoms with van der Waals surface area (Å²) in [6, 6.07) is 9.97. The van der Waals surface area contributed by atoms with Gasteiger partial charge in [0.1, 0.15) is 11.6 Å². The first-order valence-electron chi connectivity index (χ1n) is 10.2. The first kappa shape index (κ1) is 23.5. The summed E-state index contributed by atoms with van der Waals surface area (Å²) >= 11 is 0. The molecule has 1 aliphatic heterocycles. The highest BCUT2D eigenvalue weighted by molar-refractivity contribution is 7.61. The number of carboxylic acids is 1. The molecule has 9 heteroatoms. The standard InChI is InChI=1S/C22H27F2N2O4P/c23-18-6-3-16(4-7-18)20-13-19(24)8-5-17(20)14-26-11-12-31(29,30)22(15-26,21(27)28)9-1-2-10-25/h3-8,13H,1-2,9-12,14-15,25H2,(H,27,28)(H,29,30). The Bertz CT molecular complexity index is 986. The maximum Gasteiger partial charge on any atom is 0.320 e. The fraction of sp³-hybridized carbons (Fsp3) is 0.409. The summed E-state index contributed by atoms with van der Waals surface area (Å²) in [4.78, 5) is 24.6. The van der Waals surface area contributed by atoms with E-state index in [1.807, 2.05) is 4.90 Å². The lowest BCUT2D eigenvalue weighted by Gasteiger charge is -2.43. The molecular weight excluding hydrogens is 425 g/mol. The highest BCUT2D eigenvalue weighted by Crippen LogP contribution is 2.59. The first-order chi connectivity index (χ1) is 14.7. The monoisotopic (exact) mass is 452 g/mol. The Labute approximate surface area is 180 Å².